The molecule has 3 aromatic rings. The lowest BCUT2D eigenvalue weighted by Crippen LogP contribution is -2.42. The zero-order chi connectivity index (χ0) is 29.5. The lowest BCUT2D eigenvalue weighted by molar-refractivity contribution is -0.118. The molecule has 0 saturated heterocycles. The summed E-state index contributed by atoms with van der Waals surface area (Å²) in [6, 6.07) is 16.0. The van der Waals surface area contributed by atoms with Crippen molar-refractivity contribution in [3.63, 3.8) is 0 Å². The van der Waals surface area contributed by atoms with Crippen molar-refractivity contribution in [3.8, 4) is 6.07 Å². The van der Waals surface area contributed by atoms with E-state index in [0.29, 0.717) is 33.5 Å². The summed E-state index contributed by atoms with van der Waals surface area (Å²) >= 11 is 2.56. The van der Waals surface area contributed by atoms with Crippen LogP contribution in [0.1, 0.15) is 54.9 Å². The third kappa shape index (κ3) is 5.78. The molecule has 1 aliphatic heterocycles. The van der Waals surface area contributed by atoms with Crippen LogP contribution in [0.2, 0.25) is 0 Å². The van der Waals surface area contributed by atoms with E-state index in [2.05, 4.69) is 35.4 Å². The highest BCUT2D eigenvalue weighted by molar-refractivity contribution is 8.01. The Morgan fingerprint density at radius 3 is 2.66 bits per heavy atom. The fraction of sp³-hybridized carbons (Fsp3) is 0.323. The molecule has 2 aromatic carbocycles. The van der Waals surface area contributed by atoms with Crippen molar-refractivity contribution in [1.29, 1.82) is 5.26 Å². The van der Waals surface area contributed by atoms with Gasteiger partial charge in [-0.1, -0.05) is 72.8 Å². The van der Waals surface area contributed by atoms with Crippen LogP contribution >= 0.6 is 23.1 Å². The van der Waals surface area contributed by atoms with Crippen LogP contribution in [-0.2, 0) is 9.59 Å². The summed E-state index contributed by atoms with van der Waals surface area (Å²) in [4.78, 5) is 28.0. The first-order chi connectivity index (χ1) is 19.5. The Morgan fingerprint density at radius 1 is 1.17 bits per heavy atom. The van der Waals surface area contributed by atoms with Gasteiger partial charge in [-0.3, -0.25) is 14.5 Å². The fourth-order valence-corrected chi connectivity index (χ4v) is 7.09. The Hall–Kier alpha value is -3.94. The van der Waals surface area contributed by atoms with Crippen molar-refractivity contribution in [2.75, 3.05) is 16.0 Å². The second-order valence-corrected chi connectivity index (χ2v) is 13.6. The summed E-state index contributed by atoms with van der Waals surface area (Å²) in [6.45, 7) is 10.1. The Morgan fingerprint density at radius 2 is 1.95 bits per heavy atom. The molecule has 5 rings (SSSR count). The third-order valence-electron chi connectivity index (χ3n) is 7.46. The number of benzene rings is 2. The molecule has 0 saturated carbocycles. The van der Waals surface area contributed by atoms with Gasteiger partial charge in [-0.05, 0) is 61.4 Å². The number of nitrogens with two attached hydrogens (primary N) is 1. The number of thioether (sulfide) groups is 1. The second kappa shape index (κ2) is 11.1. The molecular formula is C31H32N6O2S2. The zero-order valence-corrected chi connectivity index (χ0v) is 25.4. The molecule has 0 radical (unpaired) electrons. The van der Waals surface area contributed by atoms with Gasteiger partial charge in [0.25, 0.3) is 0 Å². The Kier molecular flexibility index (Phi) is 7.77. The number of ketones is 1. The molecule has 1 aromatic heterocycles. The molecule has 2 aliphatic rings. The van der Waals surface area contributed by atoms with E-state index in [0.717, 1.165) is 33.6 Å². The van der Waals surface area contributed by atoms with Crippen molar-refractivity contribution in [3.05, 3.63) is 87.4 Å². The molecule has 1 aliphatic carbocycles. The maximum Gasteiger partial charge on any atom is 0.234 e. The van der Waals surface area contributed by atoms with Crippen LogP contribution in [0.15, 0.2) is 69.5 Å². The van der Waals surface area contributed by atoms with Crippen LogP contribution in [0.5, 0.6) is 0 Å². The monoisotopic (exact) mass is 584 g/mol. The van der Waals surface area contributed by atoms with Gasteiger partial charge in [-0.2, -0.15) is 5.26 Å². The van der Waals surface area contributed by atoms with Gasteiger partial charge in [-0.15, -0.1) is 10.2 Å². The Bertz CT molecular complexity index is 1660. The van der Waals surface area contributed by atoms with Crippen LogP contribution in [-0.4, -0.2) is 27.6 Å². The summed E-state index contributed by atoms with van der Waals surface area (Å²) in [5.74, 6) is -0.264. The first kappa shape index (κ1) is 28.6. The van der Waals surface area contributed by atoms with Gasteiger partial charge < -0.3 is 11.1 Å². The molecule has 1 amide bonds. The van der Waals surface area contributed by atoms with E-state index in [-0.39, 0.29) is 28.7 Å². The Balaban J connectivity index is 1.45. The zero-order valence-electron chi connectivity index (χ0n) is 23.7. The first-order valence-electron chi connectivity index (χ1n) is 13.3. The van der Waals surface area contributed by atoms with Crippen LogP contribution in [0.4, 0.5) is 10.8 Å². The van der Waals surface area contributed by atoms with Crippen LogP contribution < -0.4 is 16.0 Å². The number of nitrogens with zero attached hydrogens (tertiary/aromatic N) is 4. The van der Waals surface area contributed by atoms with Crippen molar-refractivity contribution < 1.29 is 9.59 Å². The van der Waals surface area contributed by atoms with Gasteiger partial charge in [0, 0.05) is 23.4 Å². The van der Waals surface area contributed by atoms with E-state index in [1.165, 1.54) is 23.1 Å². The van der Waals surface area contributed by atoms with Crippen LogP contribution in [0.25, 0.3) is 0 Å². The van der Waals surface area contributed by atoms with Gasteiger partial charge in [0.1, 0.15) is 5.82 Å². The predicted molar refractivity (Wildman–Crippen MR) is 163 cm³/mol. The first-order valence-corrected chi connectivity index (χ1v) is 15.1. The van der Waals surface area contributed by atoms with E-state index in [4.69, 9.17) is 5.73 Å². The highest BCUT2D eigenvalue weighted by Crippen LogP contribution is 2.50. The summed E-state index contributed by atoms with van der Waals surface area (Å²) in [5.41, 5.74) is 13.0. The molecule has 1 atom stereocenters. The molecule has 0 bridgehead atoms. The topological polar surface area (TPSA) is 125 Å². The number of Topliss-reactive ketones (excluding diaryl/α,β-unsaturated/α-hetero) is 1. The minimum Gasteiger partial charge on any atom is -0.384 e. The number of hydrogen-bond acceptors (Lipinski definition) is 9. The molecule has 41 heavy (non-hydrogen) atoms. The highest BCUT2D eigenvalue weighted by atomic mass is 32.2. The van der Waals surface area contributed by atoms with Gasteiger partial charge in [0.2, 0.25) is 11.0 Å². The van der Waals surface area contributed by atoms with Crippen LogP contribution in [0, 0.1) is 37.5 Å². The maximum absolute atomic E-state index is 13.7. The van der Waals surface area contributed by atoms with Crippen molar-refractivity contribution in [1.82, 2.24) is 10.2 Å². The quantitative estimate of drug-likeness (QED) is 0.331. The van der Waals surface area contributed by atoms with E-state index in [1.54, 1.807) is 4.90 Å². The minimum atomic E-state index is -0.536. The number of nitriles is 1. The normalized spacial score (nSPS) is 18.3. The lowest BCUT2D eigenvalue weighted by atomic mass is 9.68. The molecule has 2 heterocycles. The Labute approximate surface area is 248 Å². The average Bonchev–Trinajstić information content (AvgIpc) is 3.36. The molecule has 10 heteroatoms. The standard InChI is InChI=1S/C31H32N6O2S2/c1-17-7-6-8-20(11-17)26-22(15-32)28(33)37(23-13-31(4,5)14-24(38)27(23)26)29-35-36-30(41-29)40-16-25(39)34-21-10-9-18(2)19(3)12-21/h6-12,26H,13-14,16,33H2,1-5H3,(H,34,39). The SMILES string of the molecule is Cc1cccc(C2C(C#N)=C(N)N(c3nnc(SCC(=O)Nc4ccc(C)c(C)c4)s3)C3=C2C(=O)CC(C)(C)C3)c1. The van der Waals surface area contributed by atoms with E-state index >= 15 is 0 Å². The second-order valence-electron chi connectivity index (χ2n) is 11.4. The molecule has 3 N–H and O–H groups in total. The van der Waals surface area contributed by atoms with Gasteiger partial charge in [0.15, 0.2) is 10.1 Å². The number of nitrogens with one attached hydrogen (secondary N) is 1. The van der Waals surface area contributed by atoms with E-state index in [9.17, 15) is 14.9 Å². The van der Waals surface area contributed by atoms with Gasteiger partial charge >= 0.3 is 0 Å². The molecule has 0 spiro atoms. The number of allylic oxidation sites excluding steroid dienone is 3. The van der Waals surface area contributed by atoms with Crippen molar-refractivity contribution >= 4 is 45.6 Å². The van der Waals surface area contributed by atoms with E-state index < -0.39 is 5.92 Å². The maximum atomic E-state index is 13.7. The number of carbonyl (C=O) groups is 2. The molecule has 210 valence electrons. The largest absolute Gasteiger partial charge is 0.384 e. The number of rotatable bonds is 6. The smallest absolute Gasteiger partial charge is 0.234 e. The summed E-state index contributed by atoms with van der Waals surface area (Å²) in [7, 11) is 0. The highest BCUT2D eigenvalue weighted by Gasteiger charge is 2.45. The summed E-state index contributed by atoms with van der Waals surface area (Å²) in [5, 5.41) is 22.4. The van der Waals surface area contributed by atoms with Gasteiger partial charge in [0.05, 0.1) is 23.3 Å². The molecule has 8 nitrogen and oxygen atoms in total. The number of hydrogen-bond donors (Lipinski definition) is 2. The lowest BCUT2D eigenvalue weighted by Gasteiger charge is -2.42. The minimum absolute atomic E-state index is 0.00938. The predicted octanol–water partition coefficient (Wildman–Crippen LogP) is 6.14. The van der Waals surface area contributed by atoms with Crippen LogP contribution in [0.3, 0.4) is 0 Å². The van der Waals surface area contributed by atoms with Gasteiger partial charge in [-0.25, -0.2) is 0 Å². The number of amides is 1. The number of aryl methyl sites for hydroxylation is 3. The number of anilines is 2. The summed E-state index contributed by atoms with van der Waals surface area (Å²) < 4.78 is 0.589. The summed E-state index contributed by atoms with van der Waals surface area (Å²) in [6.07, 6.45) is 0.976. The number of carbonyl (C=O) groups excluding carboxylic acids is 2. The number of aromatic nitrogens is 2. The third-order valence-corrected chi connectivity index (χ3v) is 9.50. The molecular weight excluding hydrogens is 553 g/mol. The van der Waals surface area contributed by atoms with Crippen molar-refractivity contribution in [2.45, 2.75) is 57.7 Å². The fourth-order valence-electron chi connectivity index (χ4n) is 5.41. The van der Waals surface area contributed by atoms with E-state index in [1.807, 2.05) is 63.2 Å². The molecule has 0 fully saturated rings. The van der Waals surface area contributed by atoms with Crippen molar-refractivity contribution in [2.24, 2.45) is 11.1 Å². The average molecular weight is 585 g/mol. The molecule has 1 unspecified atom stereocenters.